The quantitative estimate of drug-likeness (QED) is 0.613. The Labute approximate surface area is 78.3 Å². The molecule has 1 rings (SSSR count). The third-order valence-electron chi connectivity index (χ3n) is 1.15. The second-order valence-corrected chi connectivity index (χ2v) is 3.10. The number of nitrogens with zero attached hydrogens (tertiary/aromatic N) is 2. The van der Waals surface area contributed by atoms with Crippen molar-refractivity contribution >= 4 is 28.3 Å². The summed E-state index contributed by atoms with van der Waals surface area (Å²) in [5.74, 6) is 0.246. The third-order valence-corrected chi connectivity index (χ3v) is 2.06. The predicted octanol–water partition coefficient (Wildman–Crippen LogP) is 2.71. The number of benzene rings is 1. The molecule has 0 heterocycles. The number of hydrogen-bond acceptors (Lipinski definition) is 3. The van der Waals surface area contributed by atoms with Crippen LogP contribution in [-0.2, 0) is 0 Å². The Kier molecular flexibility index (Phi) is 2.81. The van der Waals surface area contributed by atoms with Gasteiger partial charge in [0.25, 0.3) is 0 Å². The van der Waals surface area contributed by atoms with E-state index in [-0.39, 0.29) is 5.75 Å². The molecule has 0 saturated heterocycles. The van der Waals surface area contributed by atoms with Gasteiger partial charge in [-0.15, -0.1) is 0 Å². The number of phenolic OH excluding ortho intramolecular Hbond substituents is 1. The zero-order valence-corrected chi connectivity index (χ0v) is 8.11. The molecule has 0 unspecified atom stereocenters. The summed E-state index contributed by atoms with van der Waals surface area (Å²) in [4.78, 5) is 0. The van der Waals surface area contributed by atoms with Crippen molar-refractivity contribution in [2.45, 2.75) is 0 Å². The van der Waals surface area contributed by atoms with Crippen LogP contribution in [0.5, 0.6) is 5.75 Å². The highest BCUT2D eigenvalue weighted by molar-refractivity contribution is 14.1. The fourth-order valence-corrected chi connectivity index (χ4v) is 1.01. The lowest BCUT2D eigenvalue weighted by Crippen LogP contribution is -1.71. The molecule has 0 aromatic heterocycles. The van der Waals surface area contributed by atoms with Gasteiger partial charge in [0.05, 0.1) is 9.26 Å². The van der Waals surface area contributed by atoms with Gasteiger partial charge < -0.3 is 5.11 Å². The highest BCUT2D eigenvalue weighted by atomic mass is 127. The van der Waals surface area contributed by atoms with Crippen LogP contribution in [0.4, 0.5) is 5.69 Å². The van der Waals surface area contributed by atoms with Gasteiger partial charge >= 0.3 is 0 Å². The third kappa shape index (κ3) is 2.14. The topological polar surface area (TPSA) is 45.0 Å². The zero-order valence-electron chi connectivity index (χ0n) is 5.95. The van der Waals surface area contributed by atoms with Crippen molar-refractivity contribution in [2.75, 3.05) is 7.05 Å². The highest BCUT2D eigenvalue weighted by Gasteiger charge is 1.96. The van der Waals surface area contributed by atoms with Crippen molar-refractivity contribution in [3.63, 3.8) is 0 Å². The lowest BCUT2D eigenvalue weighted by atomic mass is 10.3. The molecular formula is C7H7IN2O. The Balaban J connectivity index is 3.05. The van der Waals surface area contributed by atoms with Crippen LogP contribution >= 0.6 is 22.6 Å². The van der Waals surface area contributed by atoms with Crippen molar-refractivity contribution in [3.05, 3.63) is 21.8 Å². The van der Waals surface area contributed by atoms with Gasteiger partial charge in [-0.05, 0) is 34.7 Å². The van der Waals surface area contributed by atoms with E-state index in [4.69, 9.17) is 0 Å². The zero-order chi connectivity index (χ0) is 8.27. The SMILES string of the molecule is CN=Nc1ccc(I)c(O)c1. The van der Waals surface area contributed by atoms with Gasteiger partial charge in [0, 0.05) is 13.1 Å². The molecular weight excluding hydrogens is 255 g/mol. The summed E-state index contributed by atoms with van der Waals surface area (Å²) in [5, 5.41) is 16.6. The smallest absolute Gasteiger partial charge is 0.131 e. The number of halogens is 1. The molecule has 1 N–H and O–H groups in total. The predicted molar refractivity (Wildman–Crippen MR) is 51.3 cm³/mol. The van der Waals surface area contributed by atoms with E-state index >= 15 is 0 Å². The first-order chi connectivity index (χ1) is 5.24. The minimum absolute atomic E-state index is 0.246. The Hall–Kier alpha value is -0.650. The van der Waals surface area contributed by atoms with Gasteiger partial charge in [0.1, 0.15) is 5.75 Å². The molecule has 1 aromatic carbocycles. The number of rotatable bonds is 1. The maximum Gasteiger partial charge on any atom is 0.131 e. The van der Waals surface area contributed by atoms with E-state index in [2.05, 4.69) is 10.2 Å². The lowest BCUT2D eigenvalue weighted by molar-refractivity contribution is 0.471. The van der Waals surface area contributed by atoms with Crippen LogP contribution in [0.2, 0.25) is 0 Å². The molecule has 11 heavy (non-hydrogen) atoms. The Morgan fingerprint density at radius 1 is 1.45 bits per heavy atom. The number of hydrogen-bond donors (Lipinski definition) is 1. The van der Waals surface area contributed by atoms with Gasteiger partial charge in [-0.1, -0.05) is 0 Å². The molecule has 0 spiro atoms. The molecule has 0 aliphatic rings. The Morgan fingerprint density at radius 2 is 2.18 bits per heavy atom. The summed E-state index contributed by atoms with van der Waals surface area (Å²) in [6.07, 6.45) is 0. The van der Waals surface area contributed by atoms with Crippen molar-refractivity contribution in [1.82, 2.24) is 0 Å². The second-order valence-electron chi connectivity index (χ2n) is 1.94. The first-order valence-corrected chi connectivity index (χ1v) is 4.10. The highest BCUT2D eigenvalue weighted by Crippen LogP contribution is 2.24. The van der Waals surface area contributed by atoms with E-state index < -0.39 is 0 Å². The van der Waals surface area contributed by atoms with Crippen LogP contribution in [0.1, 0.15) is 0 Å². The van der Waals surface area contributed by atoms with Gasteiger partial charge in [0.15, 0.2) is 0 Å². The normalized spacial score (nSPS) is 10.7. The first-order valence-electron chi connectivity index (χ1n) is 3.02. The minimum atomic E-state index is 0.246. The summed E-state index contributed by atoms with van der Waals surface area (Å²) in [6.45, 7) is 0. The van der Waals surface area contributed by atoms with Crippen LogP contribution in [0, 0.1) is 3.57 Å². The van der Waals surface area contributed by atoms with Gasteiger partial charge in [-0.2, -0.15) is 10.2 Å². The standard InChI is InChI=1S/C7H7IN2O/c1-9-10-5-2-3-6(8)7(11)4-5/h2-4,11H,1H3. The molecule has 0 aliphatic heterocycles. The largest absolute Gasteiger partial charge is 0.507 e. The van der Waals surface area contributed by atoms with Gasteiger partial charge in [0.2, 0.25) is 0 Å². The molecule has 0 amide bonds. The number of phenols is 1. The average Bonchev–Trinajstić information content (AvgIpc) is 1.98. The summed E-state index contributed by atoms with van der Waals surface area (Å²) in [5.41, 5.74) is 0.672. The molecule has 0 radical (unpaired) electrons. The molecule has 0 atom stereocenters. The summed E-state index contributed by atoms with van der Waals surface area (Å²) in [6, 6.07) is 5.17. The van der Waals surface area contributed by atoms with E-state index in [0.717, 1.165) is 3.57 Å². The van der Waals surface area contributed by atoms with Gasteiger partial charge in [-0.25, -0.2) is 0 Å². The van der Waals surface area contributed by atoms with Gasteiger partial charge in [-0.3, -0.25) is 0 Å². The molecule has 1 aromatic rings. The van der Waals surface area contributed by atoms with Crippen LogP contribution < -0.4 is 0 Å². The minimum Gasteiger partial charge on any atom is -0.507 e. The fourth-order valence-electron chi connectivity index (χ4n) is 0.679. The van der Waals surface area contributed by atoms with Crippen LogP contribution in [0.25, 0.3) is 0 Å². The molecule has 3 nitrogen and oxygen atoms in total. The van der Waals surface area contributed by atoms with E-state index in [1.165, 1.54) is 0 Å². The summed E-state index contributed by atoms with van der Waals surface area (Å²) in [7, 11) is 1.59. The summed E-state index contributed by atoms with van der Waals surface area (Å²) >= 11 is 2.05. The maximum absolute atomic E-state index is 9.22. The average molecular weight is 262 g/mol. The van der Waals surface area contributed by atoms with Crippen molar-refractivity contribution in [3.8, 4) is 5.75 Å². The van der Waals surface area contributed by atoms with Crippen molar-refractivity contribution < 1.29 is 5.11 Å². The second kappa shape index (κ2) is 3.66. The Bertz CT molecular complexity index is 286. The van der Waals surface area contributed by atoms with Crippen molar-refractivity contribution in [2.24, 2.45) is 10.2 Å². The molecule has 0 bridgehead atoms. The number of azo groups is 1. The summed E-state index contributed by atoms with van der Waals surface area (Å²) < 4.78 is 0.817. The molecule has 4 heteroatoms. The molecule has 58 valence electrons. The van der Waals surface area contributed by atoms with E-state index in [1.807, 2.05) is 22.6 Å². The van der Waals surface area contributed by atoms with E-state index in [0.29, 0.717) is 5.69 Å². The number of aromatic hydroxyl groups is 1. The Morgan fingerprint density at radius 3 is 2.73 bits per heavy atom. The van der Waals surface area contributed by atoms with E-state index in [1.54, 1.807) is 25.2 Å². The lowest BCUT2D eigenvalue weighted by Gasteiger charge is -1.95. The van der Waals surface area contributed by atoms with E-state index in [9.17, 15) is 5.11 Å². The van der Waals surface area contributed by atoms with Crippen molar-refractivity contribution in [1.29, 1.82) is 0 Å². The van der Waals surface area contributed by atoms with Crippen LogP contribution in [0.15, 0.2) is 28.4 Å². The van der Waals surface area contributed by atoms with Crippen LogP contribution in [0.3, 0.4) is 0 Å². The fraction of sp³-hybridized carbons (Fsp3) is 0.143. The monoisotopic (exact) mass is 262 g/mol. The molecule has 0 saturated carbocycles. The molecule has 0 fully saturated rings. The maximum atomic E-state index is 9.22. The first kappa shape index (κ1) is 8.45. The van der Waals surface area contributed by atoms with Crippen LogP contribution in [-0.4, -0.2) is 12.2 Å². The molecule has 0 aliphatic carbocycles.